The van der Waals surface area contributed by atoms with Crippen molar-refractivity contribution in [2.45, 2.75) is 38.1 Å². The third kappa shape index (κ3) is 3.23. The zero-order valence-electron chi connectivity index (χ0n) is 15.8. The highest BCUT2D eigenvalue weighted by Crippen LogP contribution is 2.33. The zero-order valence-corrected chi connectivity index (χ0v) is 15.8. The molecule has 0 radical (unpaired) electrons. The Morgan fingerprint density at radius 3 is 2.71 bits per heavy atom. The van der Waals surface area contributed by atoms with Crippen molar-refractivity contribution in [3.8, 4) is 0 Å². The molecule has 1 aliphatic heterocycles. The summed E-state index contributed by atoms with van der Waals surface area (Å²) in [6.45, 7) is 2.39. The van der Waals surface area contributed by atoms with Crippen LogP contribution >= 0.6 is 0 Å². The van der Waals surface area contributed by atoms with Crippen LogP contribution in [0.25, 0.3) is 10.9 Å². The second-order valence-electron chi connectivity index (χ2n) is 8.05. The van der Waals surface area contributed by atoms with Crippen LogP contribution in [0.3, 0.4) is 0 Å². The van der Waals surface area contributed by atoms with E-state index in [-0.39, 0.29) is 17.0 Å². The van der Waals surface area contributed by atoms with Gasteiger partial charge in [0.25, 0.3) is 11.5 Å². The van der Waals surface area contributed by atoms with E-state index in [2.05, 4.69) is 20.7 Å². The summed E-state index contributed by atoms with van der Waals surface area (Å²) in [6, 6.07) is 9.25. The predicted molar refractivity (Wildman–Crippen MR) is 107 cm³/mol. The SMILES string of the molecule is O=C(c1cc2ccccc2[nH]c1=O)N1CCC(c2nccn2CC2CC2)CC1. The van der Waals surface area contributed by atoms with E-state index in [0.29, 0.717) is 19.0 Å². The van der Waals surface area contributed by atoms with Gasteiger partial charge in [-0.2, -0.15) is 0 Å². The number of pyridine rings is 1. The lowest BCUT2D eigenvalue weighted by molar-refractivity contribution is 0.0708. The summed E-state index contributed by atoms with van der Waals surface area (Å²) in [5, 5.41) is 0.877. The van der Waals surface area contributed by atoms with Gasteiger partial charge < -0.3 is 14.5 Å². The van der Waals surface area contributed by atoms with Gasteiger partial charge in [-0.3, -0.25) is 9.59 Å². The normalized spacial score (nSPS) is 17.9. The summed E-state index contributed by atoms with van der Waals surface area (Å²) in [6.07, 6.45) is 8.40. The minimum absolute atomic E-state index is 0.174. The molecule has 0 unspecified atom stereocenters. The maximum Gasteiger partial charge on any atom is 0.261 e. The van der Waals surface area contributed by atoms with Crippen molar-refractivity contribution < 1.29 is 4.79 Å². The Balaban J connectivity index is 1.30. The summed E-state index contributed by atoms with van der Waals surface area (Å²) >= 11 is 0. The Morgan fingerprint density at radius 2 is 1.93 bits per heavy atom. The van der Waals surface area contributed by atoms with Crippen LogP contribution in [0, 0.1) is 5.92 Å². The molecule has 2 aliphatic rings. The van der Waals surface area contributed by atoms with Crippen LogP contribution in [0.15, 0.2) is 47.5 Å². The molecule has 1 amide bonds. The third-order valence-corrected chi connectivity index (χ3v) is 6.03. The number of nitrogens with zero attached hydrogens (tertiary/aromatic N) is 3. The summed E-state index contributed by atoms with van der Waals surface area (Å²) < 4.78 is 2.30. The van der Waals surface area contributed by atoms with Crippen LogP contribution in [-0.4, -0.2) is 38.4 Å². The molecule has 1 saturated carbocycles. The Labute approximate surface area is 163 Å². The Kier molecular flexibility index (Phi) is 4.26. The van der Waals surface area contributed by atoms with Crippen LogP contribution in [0.1, 0.15) is 47.8 Å². The van der Waals surface area contributed by atoms with Crippen LogP contribution < -0.4 is 5.56 Å². The maximum absolute atomic E-state index is 13.0. The quantitative estimate of drug-likeness (QED) is 0.760. The number of likely N-dealkylation sites (tertiary alicyclic amines) is 1. The number of rotatable bonds is 4. The summed E-state index contributed by atoms with van der Waals surface area (Å²) in [4.78, 5) is 34.6. The van der Waals surface area contributed by atoms with Gasteiger partial charge in [-0.05, 0) is 49.1 Å². The number of nitrogens with one attached hydrogen (secondary N) is 1. The molecule has 3 aromatic rings. The number of aromatic nitrogens is 3. The van der Waals surface area contributed by atoms with E-state index >= 15 is 0 Å². The number of carbonyl (C=O) groups excluding carboxylic acids is 1. The predicted octanol–water partition coefficient (Wildman–Crippen LogP) is 3.15. The highest BCUT2D eigenvalue weighted by atomic mass is 16.2. The zero-order chi connectivity index (χ0) is 19.1. The van der Waals surface area contributed by atoms with Crippen LogP contribution in [0.2, 0.25) is 0 Å². The van der Waals surface area contributed by atoms with Crippen molar-refractivity contribution in [3.05, 3.63) is 64.5 Å². The van der Waals surface area contributed by atoms with Crippen LogP contribution in [0.5, 0.6) is 0 Å². The van der Waals surface area contributed by atoms with E-state index in [1.165, 1.54) is 12.8 Å². The Bertz CT molecular complexity index is 1070. The number of hydrogen-bond acceptors (Lipinski definition) is 3. The molecular weight excluding hydrogens is 352 g/mol. The first-order valence-electron chi connectivity index (χ1n) is 10.1. The third-order valence-electron chi connectivity index (χ3n) is 6.03. The van der Waals surface area contributed by atoms with Crippen molar-refractivity contribution in [1.29, 1.82) is 0 Å². The minimum Gasteiger partial charge on any atom is -0.338 e. The van der Waals surface area contributed by atoms with E-state index < -0.39 is 0 Å². The highest BCUT2D eigenvalue weighted by Gasteiger charge is 2.29. The molecule has 1 saturated heterocycles. The first-order chi connectivity index (χ1) is 13.7. The topological polar surface area (TPSA) is 71.0 Å². The molecule has 3 heterocycles. The lowest BCUT2D eigenvalue weighted by atomic mass is 9.95. The highest BCUT2D eigenvalue weighted by molar-refractivity contribution is 5.97. The molecule has 6 heteroatoms. The molecule has 1 aromatic carbocycles. The van der Waals surface area contributed by atoms with Gasteiger partial charge in [0.15, 0.2) is 0 Å². The van der Waals surface area contributed by atoms with Crippen molar-refractivity contribution in [1.82, 2.24) is 19.4 Å². The number of amides is 1. The summed E-state index contributed by atoms with van der Waals surface area (Å²) in [5.41, 5.74) is 0.670. The van der Waals surface area contributed by atoms with Crippen molar-refractivity contribution in [2.24, 2.45) is 5.92 Å². The standard InChI is InChI=1S/C22H24N4O2/c27-21-18(13-17-3-1-2-4-19(17)24-21)22(28)25-10-7-16(8-11-25)20-23-9-12-26(20)14-15-5-6-15/h1-4,9,12-13,15-16H,5-8,10-11,14H2,(H,24,27). The van der Waals surface area contributed by atoms with Crippen molar-refractivity contribution in [2.75, 3.05) is 13.1 Å². The average Bonchev–Trinajstić information content (AvgIpc) is 3.42. The van der Waals surface area contributed by atoms with Crippen LogP contribution in [0.4, 0.5) is 0 Å². The van der Waals surface area contributed by atoms with Gasteiger partial charge in [0.1, 0.15) is 11.4 Å². The minimum atomic E-state index is -0.314. The monoisotopic (exact) mass is 376 g/mol. The van der Waals surface area contributed by atoms with E-state index in [4.69, 9.17) is 0 Å². The maximum atomic E-state index is 13.0. The van der Waals surface area contributed by atoms with E-state index in [1.54, 1.807) is 6.07 Å². The second kappa shape index (κ2) is 6.93. The molecule has 144 valence electrons. The molecule has 1 N–H and O–H groups in total. The molecule has 0 bridgehead atoms. The first-order valence-corrected chi connectivity index (χ1v) is 10.1. The fourth-order valence-electron chi connectivity index (χ4n) is 4.23. The average molecular weight is 376 g/mol. The van der Waals surface area contributed by atoms with Gasteiger partial charge >= 0.3 is 0 Å². The number of benzene rings is 1. The van der Waals surface area contributed by atoms with E-state index in [9.17, 15) is 9.59 Å². The van der Waals surface area contributed by atoms with Gasteiger partial charge in [-0.15, -0.1) is 0 Å². The molecule has 2 fully saturated rings. The van der Waals surface area contributed by atoms with Crippen molar-refractivity contribution >= 4 is 16.8 Å². The molecule has 5 rings (SSSR count). The lowest BCUT2D eigenvalue weighted by Crippen LogP contribution is -2.40. The number of piperidine rings is 1. The Morgan fingerprint density at radius 1 is 1.14 bits per heavy atom. The molecule has 28 heavy (non-hydrogen) atoms. The largest absolute Gasteiger partial charge is 0.338 e. The Hall–Kier alpha value is -2.89. The van der Waals surface area contributed by atoms with Crippen molar-refractivity contribution in [3.63, 3.8) is 0 Å². The molecular formula is C22H24N4O2. The molecule has 1 aliphatic carbocycles. The number of hydrogen-bond donors (Lipinski definition) is 1. The number of H-pyrrole nitrogens is 1. The number of aromatic amines is 1. The smallest absolute Gasteiger partial charge is 0.261 e. The summed E-state index contributed by atoms with van der Waals surface area (Å²) in [7, 11) is 0. The fraction of sp³-hybridized carbons (Fsp3) is 0.409. The first kappa shape index (κ1) is 17.2. The van der Waals surface area contributed by atoms with Gasteiger partial charge in [-0.1, -0.05) is 18.2 Å². The van der Waals surface area contributed by atoms with Gasteiger partial charge in [-0.25, -0.2) is 4.98 Å². The second-order valence-corrected chi connectivity index (χ2v) is 8.05. The number of para-hydroxylation sites is 1. The molecule has 0 atom stereocenters. The van der Waals surface area contributed by atoms with Gasteiger partial charge in [0.2, 0.25) is 0 Å². The molecule has 2 aromatic heterocycles. The lowest BCUT2D eigenvalue weighted by Gasteiger charge is -2.32. The summed E-state index contributed by atoms with van der Waals surface area (Å²) in [5.74, 6) is 2.18. The molecule has 0 spiro atoms. The van der Waals surface area contributed by atoms with E-state index in [0.717, 1.165) is 42.0 Å². The number of imidazole rings is 1. The van der Waals surface area contributed by atoms with Gasteiger partial charge in [0, 0.05) is 43.5 Å². The number of carbonyl (C=O) groups is 1. The van der Waals surface area contributed by atoms with E-state index in [1.807, 2.05) is 35.4 Å². The molecule has 6 nitrogen and oxygen atoms in total. The fourth-order valence-corrected chi connectivity index (χ4v) is 4.23. The number of fused-ring (bicyclic) bond motifs is 1. The van der Waals surface area contributed by atoms with Crippen LogP contribution in [-0.2, 0) is 6.54 Å². The van der Waals surface area contributed by atoms with Gasteiger partial charge in [0.05, 0.1) is 0 Å².